The van der Waals surface area contributed by atoms with E-state index in [0.717, 1.165) is 0 Å². The highest BCUT2D eigenvalue weighted by Crippen LogP contribution is 2.29. The summed E-state index contributed by atoms with van der Waals surface area (Å²) in [6, 6.07) is -2.13. The Kier molecular flexibility index (Phi) is 2.10. The van der Waals surface area contributed by atoms with Crippen molar-refractivity contribution in [3.63, 3.8) is 0 Å². The number of nitrogens with zero attached hydrogens (tertiary/aromatic N) is 1. The van der Waals surface area contributed by atoms with Gasteiger partial charge in [0.1, 0.15) is 5.76 Å². The lowest BCUT2D eigenvalue weighted by atomic mass is 10.3. The largest absolute Gasteiger partial charge is 0.444 e. The molecule has 0 saturated heterocycles. The molecule has 12 heavy (non-hydrogen) atoms. The molecule has 0 radical (unpaired) electrons. The molecule has 0 fully saturated rings. The summed E-state index contributed by atoms with van der Waals surface area (Å²) in [6.45, 7) is 1.50. The highest BCUT2D eigenvalue weighted by Gasteiger charge is 2.41. The number of nitrogens with two attached hydrogens (primary N) is 1. The lowest BCUT2D eigenvalue weighted by molar-refractivity contribution is -0.153. The molecular weight excluding hydrogens is 173 g/mol. The average molecular weight is 180 g/mol. The minimum Gasteiger partial charge on any atom is -0.444 e. The molecule has 0 spiro atoms. The van der Waals surface area contributed by atoms with Gasteiger partial charge in [-0.15, -0.1) is 0 Å². The summed E-state index contributed by atoms with van der Waals surface area (Å²) in [5, 5.41) is 0. The highest BCUT2D eigenvalue weighted by atomic mass is 19.4. The van der Waals surface area contributed by atoms with Gasteiger partial charge in [0.15, 0.2) is 6.04 Å². The molecule has 0 aromatic carbocycles. The van der Waals surface area contributed by atoms with Crippen molar-refractivity contribution < 1.29 is 17.6 Å². The molecule has 0 aliphatic rings. The minimum absolute atomic E-state index is 0.310. The maximum atomic E-state index is 11.9. The first-order valence-corrected chi connectivity index (χ1v) is 3.16. The van der Waals surface area contributed by atoms with E-state index >= 15 is 0 Å². The first-order valence-electron chi connectivity index (χ1n) is 3.16. The van der Waals surface area contributed by atoms with Crippen LogP contribution in [-0.2, 0) is 0 Å². The monoisotopic (exact) mass is 180 g/mol. The van der Waals surface area contributed by atoms with Gasteiger partial charge >= 0.3 is 6.18 Å². The van der Waals surface area contributed by atoms with E-state index in [1.165, 1.54) is 13.1 Å². The Morgan fingerprint density at radius 3 is 2.50 bits per heavy atom. The van der Waals surface area contributed by atoms with Crippen LogP contribution in [0.15, 0.2) is 10.6 Å². The maximum absolute atomic E-state index is 11.9. The summed E-state index contributed by atoms with van der Waals surface area (Å²) >= 11 is 0. The van der Waals surface area contributed by atoms with Crippen molar-refractivity contribution in [2.45, 2.75) is 19.1 Å². The number of halogens is 3. The number of rotatable bonds is 1. The summed E-state index contributed by atoms with van der Waals surface area (Å²) in [7, 11) is 0. The number of hydrogen-bond donors (Lipinski definition) is 1. The fourth-order valence-corrected chi connectivity index (χ4v) is 0.656. The molecular formula is C6H7F3N2O. The number of aryl methyl sites for hydroxylation is 1. The molecule has 1 heterocycles. The topological polar surface area (TPSA) is 52.0 Å². The molecule has 1 aromatic heterocycles. The van der Waals surface area contributed by atoms with Gasteiger partial charge in [-0.05, 0) is 6.92 Å². The van der Waals surface area contributed by atoms with E-state index in [-0.39, 0.29) is 0 Å². The zero-order chi connectivity index (χ0) is 9.35. The lowest BCUT2D eigenvalue weighted by Crippen LogP contribution is -2.28. The van der Waals surface area contributed by atoms with Crippen LogP contribution in [-0.4, -0.2) is 11.2 Å². The van der Waals surface area contributed by atoms with E-state index in [0.29, 0.717) is 5.76 Å². The normalized spacial score (nSPS) is 14.8. The van der Waals surface area contributed by atoms with E-state index in [4.69, 9.17) is 5.73 Å². The van der Waals surface area contributed by atoms with Gasteiger partial charge in [-0.2, -0.15) is 13.2 Å². The smallest absolute Gasteiger partial charge is 0.412 e. The van der Waals surface area contributed by atoms with Crippen molar-refractivity contribution >= 4 is 0 Å². The molecule has 68 valence electrons. The Hall–Kier alpha value is -1.04. The fraction of sp³-hybridized carbons (Fsp3) is 0.500. The van der Waals surface area contributed by atoms with Crippen LogP contribution in [0.5, 0.6) is 0 Å². The molecule has 0 aliphatic carbocycles. The Morgan fingerprint density at radius 2 is 2.17 bits per heavy atom. The number of alkyl halides is 3. The molecule has 3 nitrogen and oxygen atoms in total. The van der Waals surface area contributed by atoms with Gasteiger partial charge in [-0.25, -0.2) is 4.98 Å². The van der Waals surface area contributed by atoms with Crippen LogP contribution in [0.25, 0.3) is 0 Å². The molecule has 1 atom stereocenters. The van der Waals surface area contributed by atoms with Gasteiger partial charge < -0.3 is 10.2 Å². The molecule has 0 aliphatic heterocycles. The first kappa shape index (κ1) is 9.05. The quantitative estimate of drug-likeness (QED) is 0.713. The molecule has 0 bridgehead atoms. The zero-order valence-corrected chi connectivity index (χ0v) is 6.22. The van der Waals surface area contributed by atoms with Crippen LogP contribution in [0.2, 0.25) is 0 Å². The van der Waals surface area contributed by atoms with Gasteiger partial charge in [-0.3, -0.25) is 0 Å². The van der Waals surface area contributed by atoms with Crippen LogP contribution in [0.3, 0.4) is 0 Å². The van der Waals surface area contributed by atoms with Crippen LogP contribution in [0, 0.1) is 6.92 Å². The summed E-state index contributed by atoms with van der Waals surface area (Å²) in [5.74, 6) is -0.190. The Labute approximate surface area is 66.4 Å². The number of hydrogen-bond acceptors (Lipinski definition) is 3. The van der Waals surface area contributed by atoms with Crippen molar-refractivity contribution in [2.75, 3.05) is 0 Å². The van der Waals surface area contributed by atoms with Gasteiger partial charge in [0, 0.05) is 0 Å². The van der Waals surface area contributed by atoms with E-state index in [2.05, 4.69) is 9.40 Å². The second kappa shape index (κ2) is 2.78. The van der Waals surface area contributed by atoms with Crippen LogP contribution in [0.4, 0.5) is 13.2 Å². The fourth-order valence-electron chi connectivity index (χ4n) is 0.656. The highest BCUT2D eigenvalue weighted by molar-refractivity contribution is 4.97. The molecule has 0 amide bonds. The second-order valence-corrected chi connectivity index (χ2v) is 2.33. The van der Waals surface area contributed by atoms with Gasteiger partial charge in [0.2, 0.25) is 5.89 Å². The lowest BCUT2D eigenvalue weighted by Gasteiger charge is -2.10. The third-order valence-corrected chi connectivity index (χ3v) is 1.26. The first-order chi connectivity index (χ1) is 5.41. The SMILES string of the molecule is Cc1cnc(C(N)C(F)(F)F)o1. The molecule has 1 rings (SSSR count). The van der Waals surface area contributed by atoms with Crippen molar-refractivity contribution in [3.05, 3.63) is 17.8 Å². The van der Waals surface area contributed by atoms with E-state index in [1.807, 2.05) is 0 Å². The third kappa shape index (κ3) is 1.76. The second-order valence-electron chi connectivity index (χ2n) is 2.33. The van der Waals surface area contributed by atoms with Crippen molar-refractivity contribution in [3.8, 4) is 0 Å². The summed E-state index contributed by atoms with van der Waals surface area (Å²) in [4.78, 5) is 3.37. The van der Waals surface area contributed by atoms with Crippen molar-refractivity contribution in [1.82, 2.24) is 4.98 Å². The molecule has 1 unspecified atom stereocenters. The van der Waals surface area contributed by atoms with E-state index in [1.54, 1.807) is 0 Å². The predicted octanol–water partition coefficient (Wildman–Crippen LogP) is 1.55. The van der Waals surface area contributed by atoms with Gasteiger partial charge in [-0.1, -0.05) is 0 Å². The minimum atomic E-state index is -4.50. The molecule has 2 N–H and O–H groups in total. The van der Waals surface area contributed by atoms with Gasteiger partial charge in [0.25, 0.3) is 0 Å². The summed E-state index contributed by atoms with van der Waals surface area (Å²) in [6.07, 6.45) is -3.31. The standard InChI is InChI=1S/C6H7F3N2O/c1-3-2-11-5(12-3)4(10)6(7,8)9/h2,4H,10H2,1H3. The van der Waals surface area contributed by atoms with Crippen LogP contribution >= 0.6 is 0 Å². The van der Waals surface area contributed by atoms with E-state index in [9.17, 15) is 13.2 Å². The number of oxazole rings is 1. The Balaban J connectivity index is 2.85. The van der Waals surface area contributed by atoms with Crippen LogP contribution in [0.1, 0.15) is 17.7 Å². The molecule has 1 aromatic rings. The number of aromatic nitrogens is 1. The molecule has 6 heteroatoms. The molecule has 0 saturated carbocycles. The third-order valence-electron chi connectivity index (χ3n) is 1.26. The predicted molar refractivity (Wildman–Crippen MR) is 34.2 cm³/mol. The Bertz CT molecular complexity index is 268. The summed E-state index contributed by atoms with van der Waals surface area (Å²) in [5.41, 5.74) is 4.80. The van der Waals surface area contributed by atoms with Crippen LogP contribution < -0.4 is 5.73 Å². The van der Waals surface area contributed by atoms with Crippen molar-refractivity contribution in [1.29, 1.82) is 0 Å². The zero-order valence-electron chi connectivity index (χ0n) is 6.22. The average Bonchev–Trinajstić information content (AvgIpc) is 2.32. The Morgan fingerprint density at radius 1 is 1.58 bits per heavy atom. The van der Waals surface area contributed by atoms with Gasteiger partial charge in [0.05, 0.1) is 6.20 Å². The van der Waals surface area contributed by atoms with Crippen molar-refractivity contribution in [2.24, 2.45) is 5.73 Å². The van der Waals surface area contributed by atoms with E-state index < -0.39 is 18.1 Å². The summed E-state index contributed by atoms with van der Waals surface area (Å²) < 4.78 is 40.4. The maximum Gasteiger partial charge on any atom is 0.412 e.